The molecule has 244 valence electrons. The van der Waals surface area contributed by atoms with Crippen LogP contribution in [0.4, 0.5) is 22.7 Å². The largest absolute Gasteiger partial charge is 0.314 e. The van der Waals surface area contributed by atoms with Gasteiger partial charge in [-0.05, 0) is 132 Å². The first kappa shape index (κ1) is 32.0. The van der Waals surface area contributed by atoms with Crippen LogP contribution in [-0.2, 0) is 5.41 Å². The average Bonchev–Trinajstić information content (AvgIpc) is 3.13. The van der Waals surface area contributed by atoms with E-state index < -0.39 is 0 Å². The Morgan fingerprint density at radius 2 is 1.04 bits per heavy atom. The predicted octanol–water partition coefficient (Wildman–Crippen LogP) is 12.9. The molecule has 0 spiro atoms. The summed E-state index contributed by atoms with van der Waals surface area (Å²) < 4.78 is 0. The van der Waals surface area contributed by atoms with Crippen LogP contribution < -0.4 is 9.80 Å². The molecule has 4 aromatic carbocycles. The molecule has 0 N–H and O–H groups in total. The highest BCUT2D eigenvalue weighted by atomic mass is 15.2. The van der Waals surface area contributed by atoms with Crippen molar-refractivity contribution in [2.45, 2.75) is 84.5 Å². The zero-order valence-corrected chi connectivity index (χ0v) is 29.3. The smallest absolute Gasteiger partial charge is 0.0461 e. The third kappa shape index (κ3) is 6.59. The number of benzene rings is 4. The highest BCUT2D eigenvalue weighted by Gasteiger charge is 2.40. The minimum Gasteiger partial charge on any atom is -0.314 e. The number of rotatable bonds is 8. The monoisotopic (exact) mass is 630 g/mol. The van der Waals surface area contributed by atoms with Crippen LogP contribution in [0.15, 0.2) is 144 Å². The first-order valence-electron chi connectivity index (χ1n) is 18.1. The van der Waals surface area contributed by atoms with Crippen molar-refractivity contribution in [1.82, 2.24) is 0 Å². The topological polar surface area (TPSA) is 6.48 Å². The molecule has 2 nitrogen and oxygen atoms in total. The summed E-state index contributed by atoms with van der Waals surface area (Å²) in [7, 11) is 0. The maximum Gasteiger partial charge on any atom is 0.0461 e. The summed E-state index contributed by atoms with van der Waals surface area (Å²) in [5, 5.41) is 0. The lowest BCUT2D eigenvalue weighted by atomic mass is 9.60. The van der Waals surface area contributed by atoms with Crippen molar-refractivity contribution in [2.24, 2.45) is 5.92 Å². The Bertz CT molecular complexity index is 1780. The molecule has 0 bridgehead atoms. The quantitative estimate of drug-likeness (QED) is 0.191. The fraction of sp³-hybridized carbons (Fsp3) is 0.304. The van der Waals surface area contributed by atoms with Gasteiger partial charge < -0.3 is 9.80 Å². The van der Waals surface area contributed by atoms with Gasteiger partial charge in [-0.25, -0.2) is 0 Å². The molecule has 0 amide bonds. The summed E-state index contributed by atoms with van der Waals surface area (Å²) >= 11 is 0. The second-order valence-electron chi connectivity index (χ2n) is 14.4. The number of hydrogen-bond acceptors (Lipinski definition) is 2. The molecular formula is C46H50N2. The second-order valence-corrected chi connectivity index (χ2v) is 14.4. The van der Waals surface area contributed by atoms with Crippen molar-refractivity contribution in [3.63, 3.8) is 0 Å². The minimum atomic E-state index is 0.159. The lowest BCUT2D eigenvalue weighted by Crippen LogP contribution is -2.37. The summed E-state index contributed by atoms with van der Waals surface area (Å²) in [6, 6.07) is 36.6. The van der Waals surface area contributed by atoms with Crippen LogP contribution >= 0.6 is 0 Å². The fourth-order valence-corrected chi connectivity index (χ4v) is 8.11. The van der Waals surface area contributed by atoms with E-state index in [1.54, 1.807) is 0 Å². The Balaban J connectivity index is 1.20. The van der Waals surface area contributed by atoms with Gasteiger partial charge in [0.15, 0.2) is 0 Å². The number of hydrogen-bond donors (Lipinski definition) is 0. The minimum absolute atomic E-state index is 0.159. The van der Waals surface area contributed by atoms with Gasteiger partial charge in [-0.3, -0.25) is 0 Å². The number of aryl methyl sites for hydroxylation is 3. The molecule has 48 heavy (non-hydrogen) atoms. The number of nitrogens with zero attached hydrogens (tertiary/aromatic N) is 2. The van der Waals surface area contributed by atoms with Crippen LogP contribution in [0.1, 0.15) is 80.5 Å². The van der Waals surface area contributed by atoms with Crippen LogP contribution in [0.25, 0.3) is 0 Å². The molecule has 3 aliphatic carbocycles. The molecular weight excluding hydrogens is 581 g/mol. The molecule has 1 fully saturated rings. The van der Waals surface area contributed by atoms with E-state index in [-0.39, 0.29) is 5.41 Å². The van der Waals surface area contributed by atoms with Gasteiger partial charge in [0, 0.05) is 39.6 Å². The Kier molecular flexibility index (Phi) is 9.26. The van der Waals surface area contributed by atoms with Gasteiger partial charge >= 0.3 is 0 Å². The van der Waals surface area contributed by atoms with E-state index >= 15 is 0 Å². The van der Waals surface area contributed by atoms with Crippen molar-refractivity contribution in [1.29, 1.82) is 0 Å². The predicted molar refractivity (Wildman–Crippen MR) is 205 cm³/mol. The number of anilines is 4. The Hall–Kier alpha value is -4.56. The summed E-state index contributed by atoms with van der Waals surface area (Å²) in [5.74, 6) is 0.479. The molecule has 1 saturated carbocycles. The van der Waals surface area contributed by atoms with Crippen LogP contribution in [0, 0.1) is 26.7 Å². The molecule has 3 aliphatic rings. The third-order valence-corrected chi connectivity index (χ3v) is 11.0. The average molecular weight is 631 g/mol. The zero-order chi connectivity index (χ0) is 33.1. The molecule has 0 radical (unpaired) electrons. The molecule has 1 atom stereocenters. The van der Waals surface area contributed by atoms with E-state index in [9.17, 15) is 0 Å². The molecule has 0 heterocycles. The first-order valence-corrected chi connectivity index (χ1v) is 18.1. The standard InChI is InChI=1S/C46H50N2/c1-34-8-20-40(21-9-34)47(41-22-10-35(2)11-23-41)44-28-16-38(17-29-44)46(32-6-5-7-33-46)39-18-30-45(31-19-39)48(42-24-12-36(3)13-25-42)43-26-14-37(4)15-27-43/h8-14,16,18-26,28-31,38H,5-7,15,17,27,32-33H2,1-4H3. The zero-order valence-electron chi connectivity index (χ0n) is 29.3. The highest BCUT2D eigenvalue weighted by molar-refractivity contribution is 5.71. The van der Waals surface area contributed by atoms with Crippen molar-refractivity contribution in [3.8, 4) is 0 Å². The SMILES string of the molecule is CC1=CC=C(N(c2ccc(C)cc2)c2ccc(C3(C4C=CC(N(c5ccc(C)cc5)c5ccc(C)cc5)=CC4)CCCCC3)cc2)CC1. The summed E-state index contributed by atoms with van der Waals surface area (Å²) in [6.07, 6.45) is 21.7. The molecule has 7 rings (SSSR count). The van der Waals surface area contributed by atoms with Crippen LogP contribution in [0.3, 0.4) is 0 Å². The first-order chi connectivity index (χ1) is 23.4. The molecule has 2 heteroatoms. The Labute approximate surface area is 288 Å². The van der Waals surface area contributed by atoms with Crippen LogP contribution in [0.5, 0.6) is 0 Å². The highest BCUT2D eigenvalue weighted by Crippen LogP contribution is 2.49. The van der Waals surface area contributed by atoms with Crippen molar-refractivity contribution in [3.05, 3.63) is 167 Å². The van der Waals surface area contributed by atoms with E-state index in [0.29, 0.717) is 5.92 Å². The molecule has 0 aliphatic heterocycles. The molecule has 0 saturated heterocycles. The Morgan fingerprint density at radius 3 is 1.50 bits per heavy atom. The Morgan fingerprint density at radius 1 is 0.542 bits per heavy atom. The molecule has 4 aromatic rings. The van der Waals surface area contributed by atoms with Gasteiger partial charge in [0.2, 0.25) is 0 Å². The summed E-state index contributed by atoms with van der Waals surface area (Å²) in [6.45, 7) is 8.72. The van der Waals surface area contributed by atoms with Crippen LogP contribution in [0.2, 0.25) is 0 Å². The van der Waals surface area contributed by atoms with E-state index in [0.717, 1.165) is 19.3 Å². The van der Waals surface area contributed by atoms with E-state index in [2.05, 4.69) is 165 Å². The fourth-order valence-electron chi connectivity index (χ4n) is 8.11. The van der Waals surface area contributed by atoms with Crippen molar-refractivity contribution >= 4 is 22.7 Å². The van der Waals surface area contributed by atoms with Gasteiger partial charge in [0.05, 0.1) is 0 Å². The van der Waals surface area contributed by atoms with Gasteiger partial charge in [-0.2, -0.15) is 0 Å². The second kappa shape index (κ2) is 13.9. The van der Waals surface area contributed by atoms with E-state index in [1.165, 1.54) is 94.1 Å². The summed E-state index contributed by atoms with van der Waals surface area (Å²) in [4.78, 5) is 4.89. The molecule has 1 unspecified atom stereocenters. The summed E-state index contributed by atoms with van der Waals surface area (Å²) in [5.41, 5.74) is 14.5. The van der Waals surface area contributed by atoms with Crippen molar-refractivity contribution < 1.29 is 0 Å². The number of allylic oxidation sites excluding steroid dienone is 7. The van der Waals surface area contributed by atoms with Gasteiger partial charge in [-0.15, -0.1) is 0 Å². The van der Waals surface area contributed by atoms with Gasteiger partial charge in [-0.1, -0.05) is 108 Å². The third-order valence-electron chi connectivity index (χ3n) is 11.0. The maximum absolute atomic E-state index is 2.55. The lowest BCUT2D eigenvalue weighted by Gasteiger charge is -2.44. The normalized spacial score (nSPS) is 18.8. The molecule has 0 aromatic heterocycles. The van der Waals surface area contributed by atoms with Gasteiger partial charge in [0.25, 0.3) is 0 Å². The van der Waals surface area contributed by atoms with Crippen LogP contribution in [-0.4, -0.2) is 0 Å². The lowest BCUT2D eigenvalue weighted by molar-refractivity contribution is 0.222. The maximum atomic E-state index is 2.55. The van der Waals surface area contributed by atoms with E-state index in [1.807, 2.05) is 0 Å². The van der Waals surface area contributed by atoms with E-state index in [4.69, 9.17) is 0 Å². The van der Waals surface area contributed by atoms with Crippen molar-refractivity contribution in [2.75, 3.05) is 9.80 Å². The van der Waals surface area contributed by atoms with Gasteiger partial charge in [0.1, 0.15) is 0 Å².